The fourth-order valence-electron chi connectivity index (χ4n) is 0.979. The van der Waals surface area contributed by atoms with Crippen molar-refractivity contribution in [2.45, 2.75) is 13.8 Å². The average molecular weight is 295 g/mol. The lowest BCUT2D eigenvalue weighted by Crippen LogP contribution is -1.99. The highest BCUT2D eigenvalue weighted by Gasteiger charge is 2.11. The minimum atomic E-state index is 0.0214. The molecule has 0 heterocycles. The van der Waals surface area contributed by atoms with Gasteiger partial charge in [-0.3, -0.25) is 4.79 Å². The summed E-state index contributed by atoms with van der Waals surface area (Å²) in [7, 11) is 0. The van der Waals surface area contributed by atoms with Gasteiger partial charge in [-0.05, 0) is 48.1 Å². The van der Waals surface area contributed by atoms with Gasteiger partial charge in [0.2, 0.25) is 0 Å². The van der Waals surface area contributed by atoms with Gasteiger partial charge in [0.05, 0.1) is 5.02 Å². The number of rotatable bonds is 1. The smallest absolute Gasteiger partial charge is 0.162 e. The molecule has 0 radical (unpaired) electrons. The standard InChI is InChI=1S/C9H8ClIO/c1-5-3-4-7(10)8(6(2)12)9(5)11/h3-4H,1-2H3. The fraction of sp³-hybridized carbons (Fsp3) is 0.222. The Balaban J connectivity index is 3.43. The molecule has 1 nitrogen and oxygen atoms in total. The Hall–Kier alpha value is -0.0900. The summed E-state index contributed by atoms with van der Waals surface area (Å²) >= 11 is 8.01. The predicted molar refractivity (Wildman–Crippen MR) is 58.9 cm³/mol. The van der Waals surface area contributed by atoms with Gasteiger partial charge in [-0.1, -0.05) is 17.7 Å². The molecule has 0 aliphatic heterocycles. The summed E-state index contributed by atoms with van der Waals surface area (Å²) in [6, 6.07) is 3.67. The number of halogens is 2. The third-order valence-corrected chi connectivity index (χ3v) is 3.34. The highest BCUT2D eigenvalue weighted by molar-refractivity contribution is 14.1. The van der Waals surface area contributed by atoms with E-state index in [1.165, 1.54) is 6.92 Å². The Morgan fingerprint density at radius 2 is 2.08 bits per heavy atom. The van der Waals surface area contributed by atoms with Crippen molar-refractivity contribution in [1.82, 2.24) is 0 Å². The molecular weight excluding hydrogens is 286 g/mol. The molecule has 0 saturated heterocycles. The third-order valence-electron chi connectivity index (χ3n) is 1.64. The molecule has 1 aromatic rings. The number of ketones is 1. The van der Waals surface area contributed by atoms with E-state index in [0.29, 0.717) is 10.6 Å². The van der Waals surface area contributed by atoms with E-state index in [0.717, 1.165) is 9.13 Å². The highest BCUT2D eigenvalue weighted by atomic mass is 127. The summed E-state index contributed by atoms with van der Waals surface area (Å²) in [4.78, 5) is 11.2. The summed E-state index contributed by atoms with van der Waals surface area (Å²) in [6.07, 6.45) is 0. The summed E-state index contributed by atoms with van der Waals surface area (Å²) in [5.41, 5.74) is 1.72. The zero-order valence-corrected chi connectivity index (χ0v) is 9.73. The number of Topliss-reactive ketones (excluding diaryl/α,β-unsaturated/α-hetero) is 1. The Bertz CT molecular complexity index is 334. The van der Waals surface area contributed by atoms with Crippen LogP contribution in [0.2, 0.25) is 5.02 Å². The van der Waals surface area contributed by atoms with Crippen LogP contribution >= 0.6 is 34.2 Å². The van der Waals surface area contributed by atoms with Crippen LogP contribution in [0.5, 0.6) is 0 Å². The van der Waals surface area contributed by atoms with Gasteiger partial charge in [-0.2, -0.15) is 0 Å². The van der Waals surface area contributed by atoms with E-state index in [9.17, 15) is 4.79 Å². The van der Waals surface area contributed by atoms with E-state index >= 15 is 0 Å². The molecule has 1 aromatic carbocycles. The van der Waals surface area contributed by atoms with Gasteiger partial charge in [-0.15, -0.1) is 0 Å². The van der Waals surface area contributed by atoms with Crippen LogP contribution in [0.25, 0.3) is 0 Å². The Morgan fingerprint density at radius 1 is 1.50 bits per heavy atom. The lowest BCUT2D eigenvalue weighted by Gasteiger charge is -2.05. The molecule has 0 fully saturated rings. The average Bonchev–Trinajstić information content (AvgIpc) is 1.97. The molecule has 0 saturated carbocycles. The summed E-state index contributed by atoms with van der Waals surface area (Å²) < 4.78 is 0.951. The van der Waals surface area contributed by atoms with Gasteiger partial charge in [0.15, 0.2) is 5.78 Å². The van der Waals surface area contributed by atoms with Crippen molar-refractivity contribution >= 4 is 40.0 Å². The first-order valence-electron chi connectivity index (χ1n) is 3.49. The Morgan fingerprint density at radius 3 is 2.50 bits per heavy atom. The van der Waals surface area contributed by atoms with Crippen LogP contribution in [-0.2, 0) is 0 Å². The summed E-state index contributed by atoms with van der Waals surface area (Å²) in [5, 5.41) is 0.539. The molecule has 3 heteroatoms. The molecule has 1 rings (SSSR count). The van der Waals surface area contributed by atoms with Crippen LogP contribution in [0.4, 0.5) is 0 Å². The van der Waals surface area contributed by atoms with Gasteiger partial charge >= 0.3 is 0 Å². The van der Waals surface area contributed by atoms with Gasteiger partial charge in [0.1, 0.15) is 0 Å². The zero-order valence-electron chi connectivity index (χ0n) is 6.82. The second-order valence-corrected chi connectivity index (χ2v) is 4.10. The SMILES string of the molecule is CC(=O)c1c(Cl)ccc(C)c1I. The molecule has 0 spiro atoms. The van der Waals surface area contributed by atoms with E-state index < -0.39 is 0 Å². The van der Waals surface area contributed by atoms with Crippen LogP contribution < -0.4 is 0 Å². The Labute approximate surface area is 90.3 Å². The molecule has 0 atom stereocenters. The van der Waals surface area contributed by atoms with Crippen molar-refractivity contribution < 1.29 is 4.79 Å². The molecule has 64 valence electrons. The van der Waals surface area contributed by atoms with Crippen LogP contribution in [0.3, 0.4) is 0 Å². The summed E-state index contributed by atoms with van der Waals surface area (Å²) in [5.74, 6) is 0.0214. The van der Waals surface area contributed by atoms with E-state index in [4.69, 9.17) is 11.6 Å². The lowest BCUT2D eigenvalue weighted by atomic mass is 10.1. The topological polar surface area (TPSA) is 17.1 Å². The van der Waals surface area contributed by atoms with Crippen LogP contribution in [0.15, 0.2) is 12.1 Å². The monoisotopic (exact) mass is 294 g/mol. The maximum Gasteiger partial charge on any atom is 0.162 e. The van der Waals surface area contributed by atoms with Crippen LogP contribution in [0, 0.1) is 10.5 Å². The minimum absolute atomic E-state index is 0.0214. The molecule has 0 aliphatic carbocycles. The van der Waals surface area contributed by atoms with E-state index in [2.05, 4.69) is 22.6 Å². The number of aryl methyl sites for hydroxylation is 1. The number of benzene rings is 1. The Kier molecular flexibility index (Phi) is 3.12. The van der Waals surface area contributed by atoms with Crippen molar-refractivity contribution in [3.8, 4) is 0 Å². The first-order valence-corrected chi connectivity index (χ1v) is 4.95. The first kappa shape index (κ1) is 9.99. The number of hydrogen-bond acceptors (Lipinski definition) is 1. The van der Waals surface area contributed by atoms with Crippen molar-refractivity contribution in [3.63, 3.8) is 0 Å². The maximum atomic E-state index is 11.2. The second kappa shape index (κ2) is 3.75. The van der Waals surface area contributed by atoms with Gasteiger partial charge in [-0.25, -0.2) is 0 Å². The molecular formula is C9H8ClIO. The zero-order chi connectivity index (χ0) is 9.30. The third kappa shape index (κ3) is 1.80. The quantitative estimate of drug-likeness (QED) is 0.573. The van der Waals surface area contributed by atoms with Crippen molar-refractivity contribution in [2.75, 3.05) is 0 Å². The molecule has 0 N–H and O–H groups in total. The molecule has 0 amide bonds. The predicted octanol–water partition coefficient (Wildman–Crippen LogP) is 3.46. The van der Waals surface area contributed by atoms with Crippen molar-refractivity contribution in [3.05, 3.63) is 31.9 Å². The number of carbonyl (C=O) groups is 1. The van der Waals surface area contributed by atoms with Crippen LogP contribution in [0.1, 0.15) is 22.8 Å². The van der Waals surface area contributed by atoms with E-state index in [-0.39, 0.29) is 5.78 Å². The van der Waals surface area contributed by atoms with Crippen molar-refractivity contribution in [2.24, 2.45) is 0 Å². The largest absolute Gasteiger partial charge is 0.294 e. The fourth-order valence-corrected chi connectivity index (χ4v) is 2.28. The van der Waals surface area contributed by atoms with Crippen LogP contribution in [-0.4, -0.2) is 5.78 Å². The van der Waals surface area contributed by atoms with Gasteiger partial charge in [0, 0.05) is 9.13 Å². The first-order chi connectivity index (χ1) is 5.54. The minimum Gasteiger partial charge on any atom is -0.294 e. The summed E-state index contributed by atoms with van der Waals surface area (Å²) in [6.45, 7) is 3.49. The van der Waals surface area contributed by atoms with E-state index in [1.54, 1.807) is 6.07 Å². The molecule has 0 aromatic heterocycles. The maximum absolute atomic E-state index is 11.2. The van der Waals surface area contributed by atoms with Gasteiger partial charge in [0.25, 0.3) is 0 Å². The highest BCUT2D eigenvalue weighted by Crippen LogP contribution is 2.24. The van der Waals surface area contributed by atoms with Gasteiger partial charge < -0.3 is 0 Å². The lowest BCUT2D eigenvalue weighted by molar-refractivity contribution is 0.101. The van der Waals surface area contributed by atoms with E-state index in [1.807, 2.05) is 13.0 Å². The van der Waals surface area contributed by atoms with Crippen molar-refractivity contribution in [1.29, 1.82) is 0 Å². The number of carbonyl (C=O) groups excluding carboxylic acids is 1. The molecule has 12 heavy (non-hydrogen) atoms. The molecule has 0 bridgehead atoms. The molecule has 0 aliphatic rings. The normalized spacial score (nSPS) is 10.0. The molecule has 0 unspecified atom stereocenters. The number of hydrogen-bond donors (Lipinski definition) is 0. The second-order valence-electron chi connectivity index (χ2n) is 2.61.